The van der Waals surface area contributed by atoms with Crippen LogP contribution in [0.3, 0.4) is 0 Å². The van der Waals surface area contributed by atoms with Gasteiger partial charge < -0.3 is 33.8 Å². The zero-order valence-electron chi connectivity index (χ0n) is 62.7. The number of phosphoric ester groups is 2. The second-order valence-electron chi connectivity index (χ2n) is 27.9. The molecule has 5 atom stereocenters. The Morgan fingerprint density at radius 1 is 0.320 bits per heavy atom. The summed E-state index contributed by atoms with van der Waals surface area (Å²) in [5, 5.41) is 10.6. The number of esters is 4. The van der Waals surface area contributed by atoms with E-state index in [0.29, 0.717) is 25.7 Å². The summed E-state index contributed by atoms with van der Waals surface area (Å²) >= 11 is 0. The number of ether oxygens (including phenoxy) is 4. The highest BCUT2D eigenvalue weighted by Crippen LogP contribution is 2.45. The number of hydrogen-bond acceptors (Lipinski definition) is 15. The molecule has 0 radical (unpaired) electrons. The number of aliphatic hydroxyl groups is 1. The zero-order valence-corrected chi connectivity index (χ0v) is 64.5. The van der Waals surface area contributed by atoms with Gasteiger partial charge in [-0.05, 0) is 57.3 Å². The van der Waals surface area contributed by atoms with Gasteiger partial charge in [0.25, 0.3) is 0 Å². The van der Waals surface area contributed by atoms with Crippen molar-refractivity contribution in [3.63, 3.8) is 0 Å². The Kier molecular flexibility index (Phi) is 68.8. The molecule has 0 aliphatic rings. The molecular weight excluding hydrogens is 1270 g/mol. The maximum absolute atomic E-state index is 13.1. The molecule has 0 spiro atoms. The van der Waals surface area contributed by atoms with Gasteiger partial charge in [-0.25, -0.2) is 9.13 Å². The zero-order chi connectivity index (χ0) is 71.2. The minimum atomic E-state index is -4.97. The summed E-state index contributed by atoms with van der Waals surface area (Å²) in [6, 6.07) is 0. The average Bonchev–Trinajstić information content (AvgIpc) is 1.66. The van der Waals surface area contributed by atoms with E-state index in [1.54, 1.807) is 0 Å². The van der Waals surface area contributed by atoms with Crippen LogP contribution in [0.5, 0.6) is 0 Å². The molecular formula is C78H148O17P2. The molecule has 3 N–H and O–H groups in total. The highest BCUT2D eigenvalue weighted by atomic mass is 31.2. The first-order valence-electron chi connectivity index (χ1n) is 40.0. The van der Waals surface area contributed by atoms with Gasteiger partial charge in [0, 0.05) is 25.7 Å². The predicted molar refractivity (Wildman–Crippen MR) is 395 cm³/mol. The number of allylic oxidation sites excluding steroid dienone is 4. The van der Waals surface area contributed by atoms with Gasteiger partial charge in [-0.3, -0.25) is 37.3 Å². The number of hydrogen-bond donors (Lipinski definition) is 3. The van der Waals surface area contributed by atoms with Gasteiger partial charge in [-0.2, -0.15) is 0 Å². The lowest BCUT2D eigenvalue weighted by Gasteiger charge is -2.21. The van der Waals surface area contributed by atoms with E-state index in [0.717, 1.165) is 115 Å². The van der Waals surface area contributed by atoms with Gasteiger partial charge in [0.1, 0.15) is 19.3 Å². The average molecular weight is 1420 g/mol. The van der Waals surface area contributed by atoms with E-state index >= 15 is 0 Å². The first-order valence-corrected chi connectivity index (χ1v) is 42.9. The van der Waals surface area contributed by atoms with Crippen molar-refractivity contribution < 1.29 is 80.2 Å². The lowest BCUT2D eigenvalue weighted by Crippen LogP contribution is -2.30. The van der Waals surface area contributed by atoms with Gasteiger partial charge in [-0.15, -0.1) is 0 Å². The van der Waals surface area contributed by atoms with Crippen molar-refractivity contribution in [3.8, 4) is 0 Å². The van der Waals surface area contributed by atoms with Crippen molar-refractivity contribution in [2.45, 2.75) is 406 Å². The molecule has 2 unspecified atom stereocenters. The molecule has 0 aliphatic heterocycles. The molecule has 0 fully saturated rings. The van der Waals surface area contributed by atoms with Gasteiger partial charge >= 0.3 is 39.5 Å². The summed E-state index contributed by atoms with van der Waals surface area (Å²) in [6.45, 7) is 7.19. The standard InChI is InChI=1S/C78H148O17P2/c1-6-9-12-15-18-21-23-25-27-28-29-30-31-32-34-36-38-43-48-53-58-63-77(82)94-74(68-89-76(81)62-57-52-47-42-37-35-33-26-24-22-19-16-13-10-7-2)70-93-97(86,87)91-66-72(79)65-90-96(84,85)92-69-73(67-88-75(80)61-56-51-46-40-20-17-14-11-8-3)95-78(83)64-59-54-49-44-39-41-45-50-55-60-71(4)5/h22,24,26,33,71-74,79H,6-21,23,25,27-32,34-70H2,1-5H3,(H,84,85)(H,86,87)/b24-22-,33-26-/t72-,73+,74+/m0/s1. The first-order chi connectivity index (χ1) is 47.0. The van der Waals surface area contributed by atoms with Crippen LogP contribution >= 0.6 is 15.6 Å². The normalized spacial score (nSPS) is 14.1. The molecule has 0 amide bonds. The summed E-state index contributed by atoms with van der Waals surface area (Å²) < 4.78 is 68.5. The van der Waals surface area contributed by atoms with E-state index in [9.17, 15) is 43.2 Å². The predicted octanol–water partition coefficient (Wildman–Crippen LogP) is 22.8. The van der Waals surface area contributed by atoms with Crippen molar-refractivity contribution in [3.05, 3.63) is 24.3 Å². The summed E-state index contributed by atoms with van der Waals surface area (Å²) in [7, 11) is -9.92. The van der Waals surface area contributed by atoms with Crippen molar-refractivity contribution >= 4 is 39.5 Å². The van der Waals surface area contributed by atoms with Crippen LogP contribution in [0, 0.1) is 5.92 Å². The van der Waals surface area contributed by atoms with E-state index in [1.807, 2.05) is 0 Å². The first kappa shape index (κ1) is 94.5. The molecule has 0 aromatic heterocycles. The number of unbranched alkanes of at least 4 members (excludes halogenated alkanes) is 45. The van der Waals surface area contributed by atoms with Crippen LogP contribution in [-0.4, -0.2) is 96.7 Å². The molecule has 0 aromatic rings. The summed E-state index contributed by atoms with van der Waals surface area (Å²) in [5.41, 5.74) is 0. The van der Waals surface area contributed by atoms with Crippen molar-refractivity contribution in [1.29, 1.82) is 0 Å². The highest BCUT2D eigenvalue weighted by molar-refractivity contribution is 7.47. The molecule has 0 saturated heterocycles. The van der Waals surface area contributed by atoms with Crippen LogP contribution in [0.15, 0.2) is 24.3 Å². The molecule has 97 heavy (non-hydrogen) atoms. The van der Waals surface area contributed by atoms with Gasteiger partial charge in [0.15, 0.2) is 12.2 Å². The molecule has 572 valence electrons. The number of aliphatic hydroxyl groups excluding tert-OH is 1. The Bertz CT molecular complexity index is 1950. The molecule has 0 aliphatic carbocycles. The Labute approximate surface area is 592 Å². The Hall–Kier alpha value is -2.46. The van der Waals surface area contributed by atoms with Crippen LogP contribution in [0.4, 0.5) is 0 Å². The Morgan fingerprint density at radius 2 is 0.557 bits per heavy atom. The van der Waals surface area contributed by atoms with Crippen LogP contribution in [0.25, 0.3) is 0 Å². The molecule has 0 aromatic carbocycles. The lowest BCUT2D eigenvalue weighted by molar-refractivity contribution is -0.161. The fraction of sp³-hybridized carbons (Fsp3) is 0.897. The second-order valence-corrected chi connectivity index (χ2v) is 30.8. The van der Waals surface area contributed by atoms with Crippen LogP contribution in [0.2, 0.25) is 0 Å². The van der Waals surface area contributed by atoms with Crippen LogP contribution < -0.4 is 0 Å². The Morgan fingerprint density at radius 3 is 0.845 bits per heavy atom. The maximum atomic E-state index is 13.1. The topological polar surface area (TPSA) is 237 Å². The molecule has 0 rings (SSSR count). The van der Waals surface area contributed by atoms with Crippen molar-refractivity contribution in [2.24, 2.45) is 5.92 Å². The monoisotopic (exact) mass is 1420 g/mol. The van der Waals surface area contributed by atoms with Gasteiger partial charge in [0.2, 0.25) is 0 Å². The molecule has 0 bridgehead atoms. The number of carbonyl (C=O) groups excluding carboxylic acids is 4. The molecule has 17 nitrogen and oxygen atoms in total. The van der Waals surface area contributed by atoms with E-state index in [-0.39, 0.29) is 25.7 Å². The van der Waals surface area contributed by atoms with E-state index < -0.39 is 97.5 Å². The molecule has 19 heteroatoms. The maximum Gasteiger partial charge on any atom is 0.472 e. The second kappa shape index (κ2) is 70.6. The highest BCUT2D eigenvalue weighted by Gasteiger charge is 2.30. The summed E-state index contributed by atoms with van der Waals surface area (Å²) in [6.07, 6.45) is 63.4. The van der Waals surface area contributed by atoms with Gasteiger partial charge in [0.05, 0.1) is 26.4 Å². The van der Waals surface area contributed by atoms with E-state index in [1.165, 1.54) is 193 Å². The van der Waals surface area contributed by atoms with E-state index in [4.69, 9.17) is 37.0 Å². The third-order valence-corrected chi connectivity index (χ3v) is 19.6. The molecule has 0 saturated carbocycles. The summed E-state index contributed by atoms with van der Waals surface area (Å²) in [4.78, 5) is 72.8. The molecule has 0 heterocycles. The van der Waals surface area contributed by atoms with Crippen LogP contribution in [-0.2, 0) is 65.4 Å². The van der Waals surface area contributed by atoms with E-state index in [2.05, 4.69) is 58.9 Å². The van der Waals surface area contributed by atoms with Crippen molar-refractivity contribution in [1.82, 2.24) is 0 Å². The number of carbonyl (C=O) groups is 4. The quantitative estimate of drug-likeness (QED) is 0.0169. The fourth-order valence-corrected chi connectivity index (χ4v) is 13.1. The smallest absolute Gasteiger partial charge is 0.462 e. The fourth-order valence-electron chi connectivity index (χ4n) is 11.5. The third-order valence-electron chi connectivity index (χ3n) is 17.7. The van der Waals surface area contributed by atoms with Crippen LogP contribution in [0.1, 0.15) is 388 Å². The largest absolute Gasteiger partial charge is 0.472 e. The Balaban J connectivity index is 5.23. The van der Waals surface area contributed by atoms with Crippen molar-refractivity contribution in [2.75, 3.05) is 39.6 Å². The lowest BCUT2D eigenvalue weighted by atomic mass is 10.0. The number of phosphoric acid groups is 2. The van der Waals surface area contributed by atoms with Gasteiger partial charge in [-0.1, -0.05) is 335 Å². The number of rotatable bonds is 76. The third kappa shape index (κ3) is 71.7. The minimum Gasteiger partial charge on any atom is -0.462 e. The SMILES string of the molecule is CCCCCC/C=C\C=C/CCCCCCCC(=O)OC[C@H](COP(=O)(O)OC[C@@H](O)COP(=O)(O)OC[C@@H](COC(=O)CCCCCCCCCCC)OC(=O)CCCCCCCCCCCC(C)C)OC(=O)CCCCCCCCCCCCCCCCCCCCCCC. The minimum absolute atomic E-state index is 0.102. The summed E-state index contributed by atoms with van der Waals surface area (Å²) in [5.74, 6) is -1.41.